The van der Waals surface area contributed by atoms with Gasteiger partial charge in [-0.3, -0.25) is 9.69 Å². The summed E-state index contributed by atoms with van der Waals surface area (Å²) in [6.45, 7) is 0.647. The van der Waals surface area contributed by atoms with E-state index in [2.05, 4.69) is 4.90 Å². The number of nitrogens with zero attached hydrogens (tertiary/aromatic N) is 2. The number of nitrogens with two attached hydrogens (primary N) is 2. The Hall–Kier alpha value is -1.04. The van der Waals surface area contributed by atoms with Gasteiger partial charge in [-0.2, -0.15) is 27.0 Å². The maximum atomic E-state index is 11.1. The number of phenolic OH excluding ortho intramolecular Hbond substituents is 2. The lowest BCUT2D eigenvalue weighted by molar-refractivity contribution is -0.122. The average Bonchev–Trinajstić information content (AvgIpc) is 2.66. The molecule has 0 bridgehead atoms. The average molecular weight is 580 g/mol. The van der Waals surface area contributed by atoms with Crippen LogP contribution in [0.25, 0.3) is 0 Å². The van der Waals surface area contributed by atoms with Crippen molar-refractivity contribution in [2.45, 2.75) is 24.9 Å². The van der Waals surface area contributed by atoms with Gasteiger partial charge in [-0.25, -0.2) is 0 Å². The summed E-state index contributed by atoms with van der Waals surface area (Å²) in [5, 5.41) is 18.2. The van der Waals surface area contributed by atoms with E-state index in [1.807, 2.05) is 40.3 Å². The van der Waals surface area contributed by atoms with Crippen LogP contribution in [0, 0.1) is 0 Å². The number of rotatable bonds is 8. The normalized spacial score (nSPS) is 11.0. The summed E-state index contributed by atoms with van der Waals surface area (Å²) in [4.78, 5) is 15.0. The number of carbonyl (C=O) groups is 1. The SMILES string of the molecule is CN(C)[C@@H](Cc1ccc(O)cc1)C(N)=O.CN(C)[C@H](CN)Cc1ccc(O)cc1.Cl.Cl.Cl.S.S. The molecule has 2 rings (SSSR count). The van der Waals surface area contributed by atoms with Crippen LogP contribution in [0.2, 0.25) is 0 Å². The highest BCUT2D eigenvalue weighted by molar-refractivity contribution is 7.59. The number of aromatic hydroxyl groups is 2. The summed E-state index contributed by atoms with van der Waals surface area (Å²) in [5.74, 6) is 0.190. The molecule has 200 valence electrons. The molecule has 0 saturated heterocycles. The van der Waals surface area contributed by atoms with Crippen molar-refractivity contribution < 1.29 is 15.0 Å². The quantitative estimate of drug-likeness (QED) is 0.382. The monoisotopic (exact) mass is 578 g/mol. The second-order valence-electron chi connectivity index (χ2n) is 7.48. The number of benzene rings is 2. The zero-order chi connectivity index (χ0) is 22.0. The number of halogens is 3. The number of carbonyl (C=O) groups excluding carboxylic acids is 1. The molecule has 7 nitrogen and oxygen atoms in total. The lowest BCUT2D eigenvalue weighted by Gasteiger charge is -2.22. The van der Waals surface area contributed by atoms with Gasteiger partial charge in [0.15, 0.2) is 0 Å². The van der Waals surface area contributed by atoms with E-state index in [1.54, 1.807) is 41.3 Å². The van der Waals surface area contributed by atoms with Crippen LogP contribution < -0.4 is 11.5 Å². The van der Waals surface area contributed by atoms with E-state index >= 15 is 0 Å². The first-order chi connectivity index (χ1) is 13.6. The minimum atomic E-state index is -0.340. The lowest BCUT2D eigenvalue weighted by Crippen LogP contribution is -2.41. The minimum absolute atomic E-state index is 0. The molecule has 6 N–H and O–H groups in total. The Morgan fingerprint density at radius 3 is 1.38 bits per heavy atom. The Morgan fingerprint density at radius 1 is 0.765 bits per heavy atom. The predicted molar refractivity (Wildman–Crippen MR) is 159 cm³/mol. The van der Waals surface area contributed by atoms with Gasteiger partial charge in [0.25, 0.3) is 0 Å². The molecule has 0 aliphatic rings. The van der Waals surface area contributed by atoms with Crippen LogP contribution in [0.5, 0.6) is 11.5 Å². The molecule has 12 heteroatoms. The highest BCUT2D eigenvalue weighted by Gasteiger charge is 2.17. The third-order valence-corrected chi connectivity index (χ3v) is 4.73. The molecule has 1 amide bonds. The van der Waals surface area contributed by atoms with Gasteiger partial charge in [0.1, 0.15) is 11.5 Å². The third kappa shape index (κ3) is 16.6. The van der Waals surface area contributed by atoms with Crippen LogP contribution in [0.1, 0.15) is 11.1 Å². The van der Waals surface area contributed by atoms with Crippen LogP contribution in [-0.4, -0.2) is 72.7 Å². The van der Waals surface area contributed by atoms with Gasteiger partial charge in [-0.15, -0.1) is 37.2 Å². The van der Waals surface area contributed by atoms with Crippen molar-refractivity contribution >= 4 is 70.1 Å². The molecule has 0 aliphatic heterocycles. The summed E-state index contributed by atoms with van der Waals surface area (Å²) < 4.78 is 0. The Kier molecular flexibility index (Phi) is 28.4. The molecule has 2 aromatic carbocycles. The van der Waals surface area contributed by atoms with Crippen molar-refractivity contribution in [3.8, 4) is 11.5 Å². The van der Waals surface area contributed by atoms with E-state index in [0.29, 0.717) is 24.8 Å². The molecule has 0 unspecified atom stereocenters. The molecule has 0 radical (unpaired) electrons. The fraction of sp³-hybridized carbons (Fsp3) is 0.409. The predicted octanol–water partition coefficient (Wildman–Crippen LogP) is 2.66. The lowest BCUT2D eigenvalue weighted by atomic mass is 10.0. The first kappa shape index (κ1) is 43.1. The molecule has 2 atom stereocenters. The molecule has 2 aromatic rings. The minimum Gasteiger partial charge on any atom is -0.508 e. The number of likely N-dealkylation sites (N-methyl/N-ethyl adjacent to an activating group) is 2. The summed E-state index contributed by atoms with van der Waals surface area (Å²) in [5.41, 5.74) is 13.1. The Morgan fingerprint density at radius 2 is 1.12 bits per heavy atom. The van der Waals surface area contributed by atoms with Crippen LogP contribution in [0.15, 0.2) is 48.5 Å². The second-order valence-corrected chi connectivity index (χ2v) is 7.48. The van der Waals surface area contributed by atoms with Crippen LogP contribution in [0.3, 0.4) is 0 Å². The van der Waals surface area contributed by atoms with Gasteiger partial charge >= 0.3 is 0 Å². The molecule has 34 heavy (non-hydrogen) atoms. The Labute approximate surface area is 236 Å². The van der Waals surface area contributed by atoms with Gasteiger partial charge in [-0.05, 0) is 76.4 Å². The molecular formula is C22H41Cl3N4O3S2. The second kappa shape index (κ2) is 22.4. The molecule has 0 aliphatic carbocycles. The standard InChI is InChI=1S/C11H16N2O2.C11H18N2O.3ClH.2H2S/c1-13(2)10(11(12)15)7-8-3-5-9(14)6-4-8;1-13(2)10(8-12)7-9-3-5-11(14)6-4-9;;;;;/h3-6,10,14H,7H2,1-2H3,(H2,12,15);3-6,10,14H,7-8,12H2,1-2H3;3*1H;2*1H2/t2*10-;;;;;/m00...../s1. The summed E-state index contributed by atoms with van der Waals surface area (Å²) in [7, 11) is 7.68. The Bertz CT molecular complexity index is 756. The number of amides is 1. The van der Waals surface area contributed by atoms with Crippen LogP contribution >= 0.6 is 64.2 Å². The summed E-state index contributed by atoms with van der Waals surface area (Å²) >= 11 is 0. The number of hydrogen-bond donors (Lipinski definition) is 4. The van der Waals surface area contributed by atoms with Gasteiger partial charge in [0.05, 0.1) is 6.04 Å². The van der Waals surface area contributed by atoms with Gasteiger partial charge in [-0.1, -0.05) is 24.3 Å². The first-order valence-corrected chi connectivity index (χ1v) is 9.52. The molecular weight excluding hydrogens is 539 g/mol. The third-order valence-electron chi connectivity index (χ3n) is 4.73. The van der Waals surface area contributed by atoms with E-state index < -0.39 is 0 Å². The van der Waals surface area contributed by atoms with Crippen molar-refractivity contribution in [1.82, 2.24) is 9.80 Å². The summed E-state index contributed by atoms with van der Waals surface area (Å²) in [6.07, 6.45) is 1.48. The molecule has 0 heterocycles. The van der Waals surface area contributed by atoms with Crippen molar-refractivity contribution in [2.75, 3.05) is 34.7 Å². The maximum Gasteiger partial charge on any atom is 0.235 e. The molecule has 0 aromatic heterocycles. The van der Waals surface area contributed by atoms with Gasteiger partial charge in [0.2, 0.25) is 5.91 Å². The molecule has 0 spiro atoms. The van der Waals surface area contributed by atoms with Crippen LogP contribution in [0.4, 0.5) is 0 Å². The van der Waals surface area contributed by atoms with Crippen molar-refractivity contribution in [2.24, 2.45) is 11.5 Å². The van der Waals surface area contributed by atoms with E-state index in [4.69, 9.17) is 21.7 Å². The number of hydrogen-bond acceptors (Lipinski definition) is 6. The van der Waals surface area contributed by atoms with Crippen LogP contribution in [-0.2, 0) is 17.6 Å². The first-order valence-electron chi connectivity index (χ1n) is 9.52. The number of phenols is 2. The largest absolute Gasteiger partial charge is 0.508 e. The van der Waals surface area contributed by atoms with E-state index in [-0.39, 0.29) is 81.9 Å². The highest BCUT2D eigenvalue weighted by atomic mass is 35.5. The zero-order valence-electron chi connectivity index (χ0n) is 20.0. The molecule has 0 saturated carbocycles. The van der Waals surface area contributed by atoms with Gasteiger partial charge < -0.3 is 26.6 Å². The fourth-order valence-electron chi connectivity index (χ4n) is 2.77. The smallest absolute Gasteiger partial charge is 0.235 e. The Balaban J connectivity index is -0.000000144. The fourth-order valence-corrected chi connectivity index (χ4v) is 2.77. The number of primary amides is 1. The topological polar surface area (TPSA) is 116 Å². The van der Waals surface area contributed by atoms with Crippen molar-refractivity contribution in [1.29, 1.82) is 0 Å². The van der Waals surface area contributed by atoms with E-state index in [1.165, 1.54) is 5.56 Å². The maximum absolute atomic E-state index is 11.1. The zero-order valence-corrected chi connectivity index (χ0v) is 24.4. The van der Waals surface area contributed by atoms with Gasteiger partial charge in [0, 0.05) is 12.6 Å². The molecule has 0 fully saturated rings. The van der Waals surface area contributed by atoms with Crippen molar-refractivity contribution in [3.05, 3.63) is 59.7 Å². The summed E-state index contributed by atoms with van der Waals surface area (Å²) in [6, 6.07) is 14.1. The van der Waals surface area contributed by atoms with E-state index in [0.717, 1.165) is 12.0 Å². The van der Waals surface area contributed by atoms with E-state index in [9.17, 15) is 4.79 Å². The highest BCUT2D eigenvalue weighted by Crippen LogP contribution is 2.13. The van der Waals surface area contributed by atoms with Crippen molar-refractivity contribution in [3.63, 3.8) is 0 Å².